The molecule has 1 aromatic heterocycles. The second kappa shape index (κ2) is 13.0. The van der Waals surface area contributed by atoms with Crippen LogP contribution >= 0.6 is 0 Å². The molecular weight excluding hydrogens is 604 g/mol. The lowest BCUT2D eigenvalue weighted by molar-refractivity contribution is -0.120. The molecule has 12 nitrogen and oxygen atoms in total. The summed E-state index contributed by atoms with van der Waals surface area (Å²) in [4.78, 5) is 28.2. The van der Waals surface area contributed by atoms with Crippen molar-refractivity contribution in [2.75, 3.05) is 44.2 Å². The predicted octanol–water partition coefficient (Wildman–Crippen LogP) is 3.29. The summed E-state index contributed by atoms with van der Waals surface area (Å²) in [5, 5.41) is 17.6. The highest BCUT2D eigenvalue weighted by Gasteiger charge is 2.30. The van der Waals surface area contributed by atoms with Gasteiger partial charge in [-0.15, -0.1) is 0 Å². The Bertz CT molecular complexity index is 1840. The second-order valence-electron chi connectivity index (χ2n) is 12.6. The van der Waals surface area contributed by atoms with Crippen LogP contribution in [-0.2, 0) is 21.9 Å². The van der Waals surface area contributed by atoms with Gasteiger partial charge in [0, 0.05) is 51.1 Å². The number of carbonyl (C=O) groups excluding carboxylic acids is 2. The Labute approximate surface area is 269 Å². The van der Waals surface area contributed by atoms with E-state index in [0.29, 0.717) is 55.3 Å². The van der Waals surface area contributed by atoms with Crippen molar-refractivity contribution in [3.63, 3.8) is 0 Å². The number of benzene rings is 2. The number of fused-ring (bicyclic) bond motifs is 1. The first-order chi connectivity index (χ1) is 22.0. The number of anilines is 1. The molecule has 3 aliphatic rings. The Kier molecular flexibility index (Phi) is 8.98. The third kappa shape index (κ3) is 6.43. The highest BCUT2D eigenvalue weighted by Crippen LogP contribution is 2.34. The van der Waals surface area contributed by atoms with Gasteiger partial charge in [0.25, 0.3) is 0 Å². The van der Waals surface area contributed by atoms with Gasteiger partial charge in [-0.1, -0.05) is 17.7 Å². The van der Waals surface area contributed by atoms with E-state index in [4.69, 9.17) is 5.73 Å². The highest BCUT2D eigenvalue weighted by molar-refractivity contribution is 7.89. The Morgan fingerprint density at radius 1 is 1.07 bits per heavy atom. The van der Waals surface area contributed by atoms with Gasteiger partial charge >= 0.3 is 6.03 Å². The summed E-state index contributed by atoms with van der Waals surface area (Å²) < 4.78 is 29.9. The molecule has 3 aliphatic heterocycles. The van der Waals surface area contributed by atoms with Crippen molar-refractivity contribution in [3.05, 3.63) is 58.7 Å². The van der Waals surface area contributed by atoms with Crippen molar-refractivity contribution in [2.24, 2.45) is 12.8 Å². The van der Waals surface area contributed by atoms with Crippen molar-refractivity contribution in [1.29, 1.82) is 5.26 Å². The predicted molar refractivity (Wildman–Crippen MR) is 175 cm³/mol. The van der Waals surface area contributed by atoms with Gasteiger partial charge in [-0.25, -0.2) is 13.2 Å². The first-order valence-electron chi connectivity index (χ1n) is 15.8. The molecule has 3 fully saturated rings. The van der Waals surface area contributed by atoms with E-state index in [-0.39, 0.29) is 23.3 Å². The van der Waals surface area contributed by atoms with Gasteiger partial charge in [0.1, 0.15) is 0 Å². The lowest BCUT2D eigenvalue weighted by Gasteiger charge is -2.32. The quantitative estimate of drug-likeness (QED) is 0.397. The monoisotopic (exact) mass is 644 g/mol. The highest BCUT2D eigenvalue weighted by atomic mass is 32.2. The van der Waals surface area contributed by atoms with Crippen molar-refractivity contribution in [3.8, 4) is 6.07 Å². The summed E-state index contributed by atoms with van der Waals surface area (Å²) in [5.74, 6) is 0.674. The van der Waals surface area contributed by atoms with E-state index in [2.05, 4.69) is 33.5 Å². The number of hydrogen-bond donors (Lipinski definition) is 2. The number of aromatic nitrogens is 2. The van der Waals surface area contributed by atoms with Crippen molar-refractivity contribution in [2.45, 2.75) is 55.9 Å². The summed E-state index contributed by atoms with van der Waals surface area (Å²) in [6, 6.07) is 12.8. The lowest BCUT2D eigenvalue weighted by Crippen LogP contribution is -2.49. The molecule has 4 heterocycles. The van der Waals surface area contributed by atoms with Crippen molar-refractivity contribution < 1.29 is 18.0 Å². The zero-order valence-corrected chi connectivity index (χ0v) is 27.1. The van der Waals surface area contributed by atoms with E-state index < -0.39 is 16.1 Å². The van der Waals surface area contributed by atoms with Crippen LogP contribution in [0.2, 0.25) is 0 Å². The lowest BCUT2D eigenvalue weighted by atomic mass is 9.88. The summed E-state index contributed by atoms with van der Waals surface area (Å²) >= 11 is 0. The Balaban J connectivity index is 1.11. The first kappa shape index (κ1) is 31.9. The number of imide groups is 1. The second-order valence-corrected chi connectivity index (χ2v) is 14.6. The minimum Gasteiger partial charge on any atom is -0.328 e. The number of nitrogens with one attached hydrogen (secondary N) is 1. The van der Waals surface area contributed by atoms with Crippen LogP contribution in [0.3, 0.4) is 0 Å². The molecule has 13 heteroatoms. The summed E-state index contributed by atoms with van der Waals surface area (Å²) in [6.07, 6.45) is 5.42. The maximum Gasteiger partial charge on any atom is 0.329 e. The molecule has 0 saturated carbocycles. The van der Waals surface area contributed by atoms with Gasteiger partial charge in [0.05, 0.1) is 22.0 Å². The summed E-state index contributed by atoms with van der Waals surface area (Å²) in [5.41, 5.74) is 10.3. The number of likely N-dealkylation sites (tertiary alicyclic amines) is 1. The van der Waals surface area contributed by atoms with Crippen LogP contribution in [0, 0.1) is 11.3 Å². The molecule has 0 unspecified atom stereocenters. The average Bonchev–Trinajstić information content (AvgIpc) is 3.36. The third-order valence-corrected chi connectivity index (χ3v) is 11.3. The maximum atomic E-state index is 13.3. The van der Waals surface area contributed by atoms with Crippen LogP contribution in [0.5, 0.6) is 0 Å². The fraction of sp³-hybridized carbons (Fsp3) is 0.455. The van der Waals surface area contributed by atoms with Gasteiger partial charge in [-0.05, 0) is 93.1 Å². The number of amides is 3. The normalized spacial score (nSPS) is 19.9. The van der Waals surface area contributed by atoms with Crippen molar-refractivity contribution in [1.82, 2.24) is 24.3 Å². The van der Waals surface area contributed by atoms with Crippen LogP contribution in [0.1, 0.15) is 61.6 Å². The SMILES string of the molecule is C/C(=C\c1cc(S(=O)(=O)N2CCC(N)CC2)ccc1C#N)CN1CCC(c2ccc3c(N4CCC(=O)NC4=O)nn(C)c3c2)CC1. The van der Waals surface area contributed by atoms with Crippen molar-refractivity contribution >= 4 is 44.8 Å². The largest absolute Gasteiger partial charge is 0.329 e. The standard InChI is InChI=1S/C33H40N8O4S/c1-22(17-26-18-28(5-3-25(26)20-34)46(44,45)40-14-9-27(35)10-15-40)21-39-12-7-23(8-13-39)24-4-6-29-30(19-24)38(2)37-32(29)41-16-11-31(42)36-33(41)43/h3-6,17-19,23,27H,7-16,21,35H2,1-2H3,(H,36,42,43)/b22-17+. The van der Waals surface area contributed by atoms with Gasteiger partial charge in [-0.2, -0.15) is 14.7 Å². The minimum atomic E-state index is -3.66. The van der Waals surface area contributed by atoms with Crippen LogP contribution in [0.4, 0.5) is 10.6 Å². The van der Waals surface area contributed by atoms with Crippen LogP contribution in [-0.4, -0.2) is 84.7 Å². The van der Waals surface area contributed by atoms with Gasteiger partial charge in [0.2, 0.25) is 15.9 Å². The van der Waals surface area contributed by atoms with E-state index in [1.807, 2.05) is 26.1 Å². The molecule has 0 radical (unpaired) electrons. The number of nitriles is 1. The number of nitrogens with two attached hydrogens (primary N) is 1. The number of urea groups is 1. The third-order valence-electron chi connectivity index (χ3n) is 9.38. The average molecular weight is 645 g/mol. The Hall–Kier alpha value is -4.09. The van der Waals surface area contributed by atoms with E-state index in [1.165, 1.54) is 20.8 Å². The van der Waals surface area contributed by atoms with Crippen LogP contribution < -0.4 is 16.0 Å². The first-order valence-corrected chi connectivity index (χ1v) is 17.2. The number of nitrogens with zero attached hydrogens (tertiary/aromatic N) is 6. The number of piperidine rings is 2. The maximum absolute atomic E-state index is 13.3. The fourth-order valence-electron chi connectivity index (χ4n) is 6.75. The molecule has 46 heavy (non-hydrogen) atoms. The number of carbonyl (C=O) groups is 2. The molecule has 3 amide bonds. The molecule has 3 saturated heterocycles. The molecule has 0 bridgehead atoms. The minimum absolute atomic E-state index is 0.0294. The molecule has 0 aliphatic carbocycles. The number of hydrogen-bond acceptors (Lipinski definition) is 8. The zero-order valence-electron chi connectivity index (χ0n) is 26.3. The van der Waals surface area contributed by atoms with Gasteiger partial charge in [-0.3, -0.25) is 24.6 Å². The van der Waals surface area contributed by atoms with Crippen LogP contribution in [0.25, 0.3) is 17.0 Å². The fourth-order valence-corrected chi connectivity index (χ4v) is 8.26. The molecule has 2 aromatic carbocycles. The molecular formula is C33H40N8O4S. The molecule has 0 atom stereocenters. The van der Waals surface area contributed by atoms with E-state index in [0.717, 1.165) is 49.0 Å². The van der Waals surface area contributed by atoms with Gasteiger partial charge in [0.15, 0.2) is 5.82 Å². The smallest absolute Gasteiger partial charge is 0.328 e. The number of aryl methyl sites for hydroxylation is 1. The summed E-state index contributed by atoms with van der Waals surface area (Å²) in [7, 11) is -1.80. The molecule has 6 rings (SSSR count). The van der Waals surface area contributed by atoms with E-state index in [1.54, 1.807) is 16.8 Å². The van der Waals surface area contributed by atoms with E-state index in [9.17, 15) is 23.3 Å². The number of rotatable bonds is 7. The topological polar surface area (TPSA) is 158 Å². The molecule has 3 aromatic rings. The van der Waals surface area contributed by atoms with E-state index >= 15 is 0 Å². The Morgan fingerprint density at radius 2 is 1.80 bits per heavy atom. The molecule has 242 valence electrons. The number of sulfonamides is 1. The van der Waals surface area contributed by atoms with Crippen LogP contribution in [0.15, 0.2) is 46.9 Å². The van der Waals surface area contributed by atoms with Gasteiger partial charge < -0.3 is 5.73 Å². The zero-order chi connectivity index (χ0) is 32.6. The molecule has 0 spiro atoms. The summed E-state index contributed by atoms with van der Waals surface area (Å²) in [6.45, 7) is 5.67. The molecule has 3 N–H and O–H groups in total. The Morgan fingerprint density at radius 3 is 2.50 bits per heavy atom.